The van der Waals surface area contributed by atoms with Crippen molar-refractivity contribution in [3.05, 3.63) is 58.4 Å². The number of nitrogens with two attached hydrogens (primary N) is 1. The van der Waals surface area contributed by atoms with Crippen molar-refractivity contribution >= 4 is 11.8 Å². The van der Waals surface area contributed by atoms with Crippen LogP contribution in [-0.4, -0.2) is 36.2 Å². The maximum absolute atomic E-state index is 14.7. The van der Waals surface area contributed by atoms with Crippen LogP contribution in [0.25, 0.3) is 0 Å². The Balaban J connectivity index is 2.00. The van der Waals surface area contributed by atoms with E-state index >= 15 is 0 Å². The Hall–Kier alpha value is -3.75. The van der Waals surface area contributed by atoms with Gasteiger partial charge in [0.15, 0.2) is 23.5 Å². The third-order valence-electron chi connectivity index (χ3n) is 5.07. The van der Waals surface area contributed by atoms with Gasteiger partial charge in [0.1, 0.15) is 17.5 Å². The van der Waals surface area contributed by atoms with Gasteiger partial charge in [0.25, 0.3) is 6.02 Å². The number of hydrogen-bond donors (Lipinski definition) is 1. The summed E-state index contributed by atoms with van der Waals surface area (Å²) in [6.07, 6.45) is -7.38. The monoisotopic (exact) mass is 468 g/mol. The van der Waals surface area contributed by atoms with Gasteiger partial charge in [0.2, 0.25) is 0 Å². The molecule has 0 fully saturated rings. The SMILES string of the molecule is COc1cc(C#N)cnc1C(=O)Cc1cc(F)c(F)c([C@]2(C)C[C@@H](C(F)(F)F)OC(N)=N2)c1. The second-order valence-corrected chi connectivity index (χ2v) is 7.50. The molecule has 0 unspecified atom stereocenters. The van der Waals surface area contributed by atoms with Crippen molar-refractivity contribution in [1.29, 1.82) is 5.26 Å². The van der Waals surface area contributed by atoms with Crippen molar-refractivity contribution in [3.8, 4) is 11.8 Å². The largest absolute Gasteiger partial charge is 0.494 e. The number of ketones is 1. The second kappa shape index (κ2) is 8.65. The quantitative estimate of drug-likeness (QED) is 0.531. The van der Waals surface area contributed by atoms with Crippen molar-refractivity contribution in [1.82, 2.24) is 4.98 Å². The molecule has 0 radical (unpaired) electrons. The Kier molecular flexibility index (Phi) is 6.26. The number of pyridine rings is 1. The Bertz CT molecular complexity index is 1180. The third-order valence-corrected chi connectivity index (χ3v) is 5.07. The van der Waals surface area contributed by atoms with Gasteiger partial charge in [-0.3, -0.25) is 4.79 Å². The number of ether oxygens (including phenoxy) is 2. The number of Topliss-reactive ketones (excluding diaryl/α,β-unsaturated/α-hetero) is 1. The molecule has 0 bridgehead atoms. The summed E-state index contributed by atoms with van der Waals surface area (Å²) in [5.74, 6) is -3.44. The zero-order valence-electron chi connectivity index (χ0n) is 17.3. The standard InChI is InChI=1S/C21H17F5N4O3/c1-20(7-16(21(24,25)26)33-19(28)30-20)12-3-10(4-13(22)17(12)23)5-14(31)18-15(32-2)6-11(8-27)9-29-18/h3-4,6,9,16H,5,7H2,1-2H3,(H2,28,30)/t16-,20-/m0/s1. The summed E-state index contributed by atoms with van der Waals surface area (Å²) in [5.41, 5.74) is 2.92. The molecule has 12 heteroatoms. The summed E-state index contributed by atoms with van der Waals surface area (Å²) < 4.78 is 78.3. The third kappa shape index (κ3) is 4.87. The highest BCUT2D eigenvalue weighted by Crippen LogP contribution is 2.41. The first-order valence-corrected chi connectivity index (χ1v) is 9.42. The fourth-order valence-corrected chi connectivity index (χ4v) is 3.50. The minimum absolute atomic E-state index is 0.00337. The van der Waals surface area contributed by atoms with Crippen LogP contribution >= 0.6 is 0 Å². The lowest BCUT2D eigenvalue weighted by Gasteiger charge is -2.36. The number of rotatable bonds is 5. The van der Waals surface area contributed by atoms with Crippen LogP contribution in [0.5, 0.6) is 5.75 Å². The van der Waals surface area contributed by atoms with Crippen LogP contribution in [0.2, 0.25) is 0 Å². The van der Waals surface area contributed by atoms with Gasteiger partial charge >= 0.3 is 6.18 Å². The lowest BCUT2D eigenvalue weighted by molar-refractivity contribution is -0.208. The van der Waals surface area contributed by atoms with Crippen molar-refractivity contribution in [2.45, 2.75) is 37.6 Å². The number of amidine groups is 1. The Morgan fingerprint density at radius 1 is 1.36 bits per heavy atom. The zero-order chi connectivity index (χ0) is 24.6. The van der Waals surface area contributed by atoms with E-state index in [1.165, 1.54) is 13.2 Å². The van der Waals surface area contributed by atoms with Crippen LogP contribution < -0.4 is 10.5 Å². The van der Waals surface area contributed by atoms with Gasteiger partial charge in [-0.05, 0) is 24.6 Å². The number of benzene rings is 1. The topological polar surface area (TPSA) is 111 Å². The average Bonchev–Trinajstić information content (AvgIpc) is 2.74. The molecule has 1 aromatic heterocycles. The predicted molar refractivity (Wildman–Crippen MR) is 104 cm³/mol. The molecule has 2 heterocycles. The Morgan fingerprint density at radius 3 is 2.67 bits per heavy atom. The highest BCUT2D eigenvalue weighted by atomic mass is 19.4. The summed E-state index contributed by atoms with van der Waals surface area (Å²) in [6.45, 7) is 1.16. The number of carbonyl (C=O) groups excluding carboxylic acids is 1. The summed E-state index contributed by atoms with van der Waals surface area (Å²) >= 11 is 0. The highest BCUT2D eigenvalue weighted by molar-refractivity contribution is 5.98. The first-order valence-electron chi connectivity index (χ1n) is 9.42. The van der Waals surface area contributed by atoms with E-state index in [-0.39, 0.29) is 22.6 Å². The molecular formula is C21H17F5N4O3. The first kappa shape index (κ1) is 23.9. The Labute approximate surface area is 184 Å². The number of nitriles is 1. The zero-order valence-corrected chi connectivity index (χ0v) is 17.3. The van der Waals surface area contributed by atoms with Crippen LogP contribution in [0, 0.1) is 23.0 Å². The van der Waals surface area contributed by atoms with Crippen molar-refractivity contribution in [3.63, 3.8) is 0 Å². The highest BCUT2D eigenvalue weighted by Gasteiger charge is 2.50. The molecule has 2 atom stereocenters. The molecule has 0 aliphatic carbocycles. The molecule has 2 aromatic rings. The van der Waals surface area contributed by atoms with E-state index in [9.17, 15) is 26.7 Å². The maximum atomic E-state index is 14.7. The minimum atomic E-state index is -4.82. The van der Waals surface area contributed by atoms with Crippen LogP contribution in [0.15, 0.2) is 29.4 Å². The normalized spacial score (nSPS) is 20.4. The van der Waals surface area contributed by atoms with Crippen molar-refractivity contribution < 1.29 is 36.2 Å². The van der Waals surface area contributed by atoms with E-state index in [4.69, 9.17) is 15.7 Å². The minimum Gasteiger partial charge on any atom is -0.494 e. The van der Waals surface area contributed by atoms with E-state index in [1.807, 2.05) is 6.07 Å². The van der Waals surface area contributed by atoms with E-state index in [1.54, 1.807) is 0 Å². The van der Waals surface area contributed by atoms with Crippen molar-refractivity contribution in [2.24, 2.45) is 10.7 Å². The molecule has 33 heavy (non-hydrogen) atoms. The van der Waals surface area contributed by atoms with Gasteiger partial charge in [-0.25, -0.2) is 18.8 Å². The number of alkyl halides is 3. The van der Waals surface area contributed by atoms with E-state index in [0.717, 1.165) is 25.3 Å². The fourth-order valence-electron chi connectivity index (χ4n) is 3.50. The molecule has 2 N–H and O–H groups in total. The lowest BCUT2D eigenvalue weighted by Crippen LogP contribution is -2.46. The smallest absolute Gasteiger partial charge is 0.425 e. The van der Waals surface area contributed by atoms with E-state index < -0.39 is 59.7 Å². The van der Waals surface area contributed by atoms with Gasteiger partial charge in [0, 0.05) is 30.7 Å². The van der Waals surface area contributed by atoms with E-state index in [2.05, 4.69) is 14.7 Å². The summed E-state index contributed by atoms with van der Waals surface area (Å²) in [6, 6.07) is 4.12. The average molecular weight is 468 g/mol. The summed E-state index contributed by atoms with van der Waals surface area (Å²) in [4.78, 5) is 20.4. The molecule has 3 rings (SSSR count). The second-order valence-electron chi connectivity index (χ2n) is 7.50. The van der Waals surface area contributed by atoms with Gasteiger partial charge < -0.3 is 15.2 Å². The number of nitrogens with zero attached hydrogens (tertiary/aromatic N) is 3. The number of aliphatic imine (C=N–C) groups is 1. The lowest BCUT2D eigenvalue weighted by atomic mass is 9.84. The maximum Gasteiger partial charge on any atom is 0.425 e. The van der Waals surface area contributed by atoms with Gasteiger partial charge in [0.05, 0.1) is 18.2 Å². The molecule has 0 saturated carbocycles. The van der Waals surface area contributed by atoms with Gasteiger partial charge in [-0.2, -0.15) is 18.4 Å². The molecule has 0 spiro atoms. The van der Waals surface area contributed by atoms with Crippen LogP contribution in [0.3, 0.4) is 0 Å². The number of carbonyl (C=O) groups is 1. The molecule has 1 aromatic carbocycles. The molecular weight excluding hydrogens is 451 g/mol. The molecule has 0 amide bonds. The molecule has 1 aliphatic rings. The van der Waals surface area contributed by atoms with Crippen LogP contribution in [0.1, 0.15) is 40.5 Å². The van der Waals surface area contributed by atoms with Crippen LogP contribution in [-0.2, 0) is 16.7 Å². The number of hydrogen-bond acceptors (Lipinski definition) is 7. The predicted octanol–water partition coefficient (Wildman–Crippen LogP) is 3.55. The molecule has 0 saturated heterocycles. The Morgan fingerprint density at radius 2 is 2.06 bits per heavy atom. The van der Waals surface area contributed by atoms with Gasteiger partial charge in [-0.1, -0.05) is 0 Å². The summed E-state index contributed by atoms with van der Waals surface area (Å²) in [7, 11) is 1.26. The number of methoxy groups -OCH3 is 1. The molecule has 174 valence electrons. The van der Waals surface area contributed by atoms with Crippen LogP contribution in [0.4, 0.5) is 22.0 Å². The fraction of sp³-hybridized carbons (Fsp3) is 0.333. The molecule has 1 aliphatic heterocycles. The number of aromatic nitrogens is 1. The van der Waals surface area contributed by atoms with E-state index in [0.29, 0.717) is 0 Å². The molecule has 7 nitrogen and oxygen atoms in total. The summed E-state index contributed by atoms with van der Waals surface area (Å²) in [5, 5.41) is 8.94. The number of halogens is 5. The van der Waals surface area contributed by atoms with Crippen molar-refractivity contribution in [2.75, 3.05) is 7.11 Å². The van der Waals surface area contributed by atoms with Gasteiger partial charge in [-0.15, -0.1) is 0 Å². The first-order chi connectivity index (χ1) is 15.4.